The average Bonchev–Trinajstić information content (AvgIpc) is 2.23. The van der Waals surface area contributed by atoms with Crippen molar-refractivity contribution in [1.82, 2.24) is 5.32 Å². The standard InChI is InChI=1S/C10H20N2OS2/c1-5-10(3,8(11)14)9(13)12-6-7(2)15-4/h7H,5-6H2,1-4H3,(H2,11,14)(H,12,13). The van der Waals surface area contributed by atoms with Gasteiger partial charge < -0.3 is 11.1 Å². The van der Waals surface area contributed by atoms with Gasteiger partial charge in [0.25, 0.3) is 0 Å². The van der Waals surface area contributed by atoms with Crippen LogP contribution in [0, 0.1) is 5.41 Å². The van der Waals surface area contributed by atoms with E-state index in [1.807, 2.05) is 13.2 Å². The Morgan fingerprint density at radius 3 is 2.53 bits per heavy atom. The molecule has 0 aromatic carbocycles. The summed E-state index contributed by atoms with van der Waals surface area (Å²) in [7, 11) is 0. The third kappa shape index (κ3) is 3.99. The Labute approximate surface area is 102 Å². The molecule has 2 unspecified atom stereocenters. The first-order valence-electron chi connectivity index (χ1n) is 4.99. The lowest BCUT2D eigenvalue weighted by molar-refractivity contribution is -0.126. The third-order valence-corrected chi connectivity index (χ3v) is 4.13. The molecule has 3 N–H and O–H groups in total. The van der Waals surface area contributed by atoms with Gasteiger partial charge in [0, 0.05) is 11.8 Å². The Kier molecular flexibility index (Phi) is 6.20. The van der Waals surface area contributed by atoms with Gasteiger partial charge in [0.2, 0.25) is 5.91 Å². The molecule has 0 saturated heterocycles. The van der Waals surface area contributed by atoms with Crippen molar-refractivity contribution in [2.75, 3.05) is 12.8 Å². The summed E-state index contributed by atoms with van der Waals surface area (Å²) < 4.78 is 0. The van der Waals surface area contributed by atoms with E-state index in [0.29, 0.717) is 18.2 Å². The van der Waals surface area contributed by atoms with Gasteiger partial charge in [-0.3, -0.25) is 4.79 Å². The first kappa shape index (κ1) is 14.7. The molecule has 0 aromatic rings. The topological polar surface area (TPSA) is 55.1 Å². The largest absolute Gasteiger partial charge is 0.392 e. The summed E-state index contributed by atoms with van der Waals surface area (Å²) in [5, 5.41) is 3.28. The van der Waals surface area contributed by atoms with E-state index in [1.54, 1.807) is 18.7 Å². The smallest absolute Gasteiger partial charge is 0.232 e. The normalized spacial score (nSPS) is 16.5. The van der Waals surface area contributed by atoms with E-state index >= 15 is 0 Å². The molecule has 15 heavy (non-hydrogen) atoms. The molecule has 0 fully saturated rings. The van der Waals surface area contributed by atoms with Crippen molar-refractivity contribution >= 4 is 34.9 Å². The number of rotatable bonds is 6. The molecule has 0 aliphatic heterocycles. The van der Waals surface area contributed by atoms with Gasteiger partial charge in [-0.1, -0.05) is 26.1 Å². The number of thiocarbonyl (C=S) groups is 1. The predicted octanol–water partition coefficient (Wildman–Crippen LogP) is 1.56. The van der Waals surface area contributed by atoms with E-state index in [-0.39, 0.29) is 10.9 Å². The van der Waals surface area contributed by atoms with Crippen molar-refractivity contribution in [1.29, 1.82) is 0 Å². The van der Waals surface area contributed by atoms with E-state index < -0.39 is 5.41 Å². The number of carbonyl (C=O) groups excluding carboxylic acids is 1. The molecule has 0 saturated carbocycles. The van der Waals surface area contributed by atoms with Crippen LogP contribution in [0.25, 0.3) is 0 Å². The number of nitrogens with two attached hydrogens (primary N) is 1. The first-order valence-corrected chi connectivity index (χ1v) is 6.69. The Bertz CT molecular complexity index is 246. The quantitative estimate of drug-likeness (QED) is 0.700. The van der Waals surface area contributed by atoms with Crippen LogP contribution in [-0.4, -0.2) is 28.9 Å². The fraction of sp³-hybridized carbons (Fsp3) is 0.800. The SMILES string of the molecule is CCC(C)(C(=O)NCC(C)SC)C(N)=S. The Morgan fingerprint density at radius 2 is 2.20 bits per heavy atom. The van der Waals surface area contributed by atoms with Crippen LogP contribution in [-0.2, 0) is 4.79 Å². The lowest BCUT2D eigenvalue weighted by atomic mass is 9.86. The highest BCUT2D eigenvalue weighted by atomic mass is 32.2. The second-order valence-corrected chi connectivity index (χ2v) is 5.52. The van der Waals surface area contributed by atoms with E-state index in [1.165, 1.54) is 0 Å². The average molecular weight is 248 g/mol. The maximum absolute atomic E-state index is 11.9. The Morgan fingerprint density at radius 1 is 1.67 bits per heavy atom. The third-order valence-electron chi connectivity index (χ3n) is 2.70. The highest BCUT2D eigenvalue weighted by Gasteiger charge is 2.34. The monoisotopic (exact) mass is 248 g/mol. The van der Waals surface area contributed by atoms with Gasteiger partial charge in [-0.15, -0.1) is 0 Å². The molecule has 0 heterocycles. The van der Waals surface area contributed by atoms with Gasteiger partial charge in [0.15, 0.2) is 0 Å². The zero-order valence-corrected chi connectivity index (χ0v) is 11.4. The number of nitrogens with one attached hydrogen (secondary N) is 1. The molecule has 3 nitrogen and oxygen atoms in total. The van der Waals surface area contributed by atoms with Gasteiger partial charge in [-0.25, -0.2) is 0 Å². The van der Waals surface area contributed by atoms with Crippen LogP contribution in [0.15, 0.2) is 0 Å². The molecular formula is C10H20N2OS2. The second kappa shape index (κ2) is 6.33. The van der Waals surface area contributed by atoms with Crippen molar-refractivity contribution < 1.29 is 4.79 Å². The molecule has 0 rings (SSSR count). The number of amides is 1. The summed E-state index contributed by atoms with van der Waals surface area (Å²) in [5.41, 5.74) is 4.87. The van der Waals surface area contributed by atoms with Crippen molar-refractivity contribution in [2.24, 2.45) is 11.1 Å². The van der Waals surface area contributed by atoms with Crippen molar-refractivity contribution in [2.45, 2.75) is 32.4 Å². The highest BCUT2D eigenvalue weighted by molar-refractivity contribution is 7.99. The zero-order valence-electron chi connectivity index (χ0n) is 9.79. The number of thioether (sulfide) groups is 1. The van der Waals surface area contributed by atoms with Crippen LogP contribution in [0.5, 0.6) is 0 Å². The lowest BCUT2D eigenvalue weighted by Crippen LogP contribution is -2.47. The molecule has 0 aromatic heterocycles. The van der Waals surface area contributed by atoms with Crippen LogP contribution < -0.4 is 11.1 Å². The summed E-state index contributed by atoms with van der Waals surface area (Å²) in [6.07, 6.45) is 2.64. The molecule has 5 heteroatoms. The summed E-state index contributed by atoms with van der Waals surface area (Å²) in [6.45, 7) is 6.42. The van der Waals surface area contributed by atoms with Crippen molar-refractivity contribution in [3.63, 3.8) is 0 Å². The van der Waals surface area contributed by atoms with E-state index in [2.05, 4.69) is 12.2 Å². The number of hydrogen-bond acceptors (Lipinski definition) is 3. The van der Waals surface area contributed by atoms with E-state index in [4.69, 9.17) is 18.0 Å². The van der Waals surface area contributed by atoms with Crippen LogP contribution in [0.3, 0.4) is 0 Å². The fourth-order valence-corrected chi connectivity index (χ4v) is 1.45. The van der Waals surface area contributed by atoms with Crippen molar-refractivity contribution in [3.05, 3.63) is 0 Å². The molecule has 0 aliphatic rings. The summed E-state index contributed by atoms with van der Waals surface area (Å²) in [5.74, 6) is -0.0709. The second-order valence-electron chi connectivity index (χ2n) is 3.81. The molecule has 1 amide bonds. The van der Waals surface area contributed by atoms with E-state index in [0.717, 1.165) is 0 Å². The number of carbonyl (C=O) groups is 1. The van der Waals surface area contributed by atoms with Gasteiger partial charge >= 0.3 is 0 Å². The van der Waals surface area contributed by atoms with Gasteiger partial charge in [0.05, 0.1) is 10.4 Å². The molecule has 2 atom stereocenters. The highest BCUT2D eigenvalue weighted by Crippen LogP contribution is 2.21. The van der Waals surface area contributed by atoms with Gasteiger partial charge in [0.1, 0.15) is 0 Å². The van der Waals surface area contributed by atoms with Gasteiger partial charge in [-0.05, 0) is 19.6 Å². The maximum atomic E-state index is 11.9. The minimum Gasteiger partial charge on any atom is -0.392 e. The lowest BCUT2D eigenvalue weighted by Gasteiger charge is -2.26. The zero-order chi connectivity index (χ0) is 12.1. The molecule has 0 bridgehead atoms. The van der Waals surface area contributed by atoms with E-state index in [9.17, 15) is 4.79 Å². The first-order chi connectivity index (χ1) is 6.88. The number of hydrogen-bond donors (Lipinski definition) is 2. The van der Waals surface area contributed by atoms with Crippen LogP contribution in [0.2, 0.25) is 0 Å². The van der Waals surface area contributed by atoms with Crippen molar-refractivity contribution in [3.8, 4) is 0 Å². The Balaban J connectivity index is 4.36. The Hall–Kier alpha value is -0.290. The minimum absolute atomic E-state index is 0.0709. The van der Waals surface area contributed by atoms with Crippen LogP contribution >= 0.6 is 24.0 Å². The minimum atomic E-state index is -0.715. The molecule has 0 aliphatic carbocycles. The molecule has 0 spiro atoms. The van der Waals surface area contributed by atoms with Crippen LogP contribution in [0.1, 0.15) is 27.2 Å². The van der Waals surface area contributed by atoms with Crippen LogP contribution in [0.4, 0.5) is 0 Å². The molecule has 0 radical (unpaired) electrons. The summed E-state index contributed by atoms with van der Waals surface area (Å²) in [4.78, 5) is 12.1. The summed E-state index contributed by atoms with van der Waals surface area (Å²) in [6, 6.07) is 0. The van der Waals surface area contributed by atoms with Gasteiger partial charge in [-0.2, -0.15) is 11.8 Å². The molecular weight excluding hydrogens is 228 g/mol. The summed E-state index contributed by atoms with van der Waals surface area (Å²) >= 11 is 6.64. The maximum Gasteiger partial charge on any atom is 0.232 e. The molecule has 88 valence electrons. The predicted molar refractivity (Wildman–Crippen MR) is 71.2 cm³/mol. The fourth-order valence-electron chi connectivity index (χ4n) is 0.962.